The highest BCUT2D eigenvalue weighted by atomic mass is 16.5. The first-order valence-corrected chi connectivity index (χ1v) is 9.40. The van der Waals surface area contributed by atoms with Gasteiger partial charge >= 0.3 is 0 Å². The van der Waals surface area contributed by atoms with Gasteiger partial charge in [0.1, 0.15) is 11.6 Å². The van der Waals surface area contributed by atoms with E-state index in [0.717, 1.165) is 11.4 Å². The zero-order valence-corrected chi connectivity index (χ0v) is 17.1. The van der Waals surface area contributed by atoms with Crippen molar-refractivity contribution in [3.8, 4) is 17.1 Å². The molecule has 146 valence electrons. The number of benzene rings is 2. The molecule has 0 aliphatic carbocycles. The van der Waals surface area contributed by atoms with Gasteiger partial charge in [0.2, 0.25) is 0 Å². The zero-order valence-electron chi connectivity index (χ0n) is 17.1. The van der Waals surface area contributed by atoms with Crippen molar-refractivity contribution in [2.45, 2.75) is 39.2 Å². The van der Waals surface area contributed by atoms with Crippen LogP contribution in [0.5, 0.6) is 5.75 Å². The molecule has 5 heteroatoms. The SMILES string of the molecule is CC(Oc1ccc(C(C)(C)C)cc1)C(=O)Nc1cccc(-c2nccn2C)c1. The number of hydrogen-bond donors (Lipinski definition) is 1. The molecule has 1 atom stereocenters. The van der Waals surface area contributed by atoms with Gasteiger partial charge in [-0.1, -0.05) is 45.0 Å². The van der Waals surface area contributed by atoms with E-state index in [0.29, 0.717) is 11.4 Å². The summed E-state index contributed by atoms with van der Waals surface area (Å²) >= 11 is 0. The Morgan fingerprint density at radius 3 is 2.46 bits per heavy atom. The predicted octanol–water partition coefficient (Wildman–Crippen LogP) is 4.79. The van der Waals surface area contributed by atoms with Crippen molar-refractivity contribution in [2.24, 2.45) is 7.05 Å². The highest BCUT2D eigenvalue weighted by Gasteiger charge is 2.17. The fourth-order valence-corrected chi connectivity index (χ4v) is 2.91. The number of rotatable bonds is 5. The van der Waals surface area contributed by atoms with Crippen LogP contribution in [0, 0.1) is 0 Å². The van der Waals surface area contributed by atoms with Crippen LogP contribution >= 0.6 is 0 Å². The number of imidazole rings is 1. The van der Waals surface area contributed by atoms with Gasteiger partial charge in [0.05, 0.1) is 0 Å². The molecule has 1 aromatic heterocycles. The molecule has 0 bridgehead atoms. The molecule has 1 unspecified atom stereocenters. The second-order valence-corrected chi connectivity index (χ2v) is 7.97. The lowest BCUT2D eigenvalue weighted by Crippen LogP contribution is -2.30. The Morgan fingerprint density at radius 2 is 1.86 bits per heavy atom. The lowest BCUT2D eigenvalue weighted by molar-refractivity contribution is -0.122. The normalized spacial score (nSPS) is 12.5. The van der Waals surface area contributed by atoms with E-state index in [1.807, 2.05) is 66.3 Å². The lowest BCUT2D eigenvalue weighted by Gasteiger charge is -2.20. The molecule has 0 saturated carbocycles. The van der Waals surface area contributed by atoms with Crippen LogP contribution in [0.1, 0.15) is 33.3 Å². The van der Waals surface area contributed by atoms with E-state index in [2.05, 4.69) is 31.1 Å². The summed E-state index contributed by atoms with van der Waals surface area (Å²) in [5.74, 6) is 1.33. The molecule has 28 heavy (non-hydrogen) atoms. The molecular weight excluding hydrogens is 350 g/mol. The molecule has 3 rings (SSSR count). The molecule has 1 heterocycles. The summed E-state index contributed by atoms with van der Waals surface area (Å²) in [5, 5.41) is 2.92. The van der Waals surface area contributed by atoms with E-state index < -0.39 is 6.10 Å². The number of nitrogens with zero attached hydrogens (tertiary/aromatic N) is 2. The molecular formula is C23H27N3O2. The topological polar surface area (TPSA) is 56.1 Å². The second-order valence-electron chi connectivity index (χ2n) is 7.97. The van der Waals surface area contributed by atoms with E-state index in [-0.39, 0.29) is 11.3 Å². The first-order valence-electron chi connectivity index (χ1n) is 9.40. The van der Waals surface area contributed by atoms with Gasteiger partial charge in [-0.2, -0.15) is 0 Å². The number of carbonyl (C=O) groups excluding carboxylic acids is 1. The Bertz CT molecular complexity index is 952. The molecule has 0 aliphatic rings. The first-order chi connectivity index (χ1) is 13.2. The molecule has 1 N–H and O–H groups in total. The molecule has 0 saturated heterocycles. The van der Waals surface area contributed by atoms with E-state index in [1.54, 1.807) is 13.1 Å². The molecule has 5 nitrogen and oxygen atoms in total. The van der Waals surface area contributed by atoms with Crippen molar-refractivity contribution in [3.63, 3.8) is 0 Å². The number of carbonyl (C=O) groups is 1. The molecule has 1 amide bonds. The lowest BCUT2D eigenvalue weighted by atomic mass is 9.87. The van der Waals surface area contributed by atoms with E-state index in [1.165, 1.54) is 5.56 Å². The smallest absolute Gasteiger partial charge is 0.265 e. The molecule has 2 aromatic carbocycles. The number of ether oxygens (including phenoxy) is 1. The summed E-state index contributed by atoms with van der Waals surface area (Å²) < 4.78 is 7.75. The van der Waals surface area contributed by atoms with Gasteiger partial charge in [0.25, 0.3) is 5.91 Å². The average molecular weight is 377 g/mol. The number of aryl methyl sites for hydroxylation is 1. The fourth-order valence-electron chi connectivity index (χ4n) is 2.91. The summed E-state index contributed by atoms with van der Waals surface area (Å²) in [6.07, 6.45) is 3.03. The minimum absolute atomic E-state index is 0.0831. The largest absolute Gasteiger partial charge is 0.481 e. The Kier molecular flexibility index (Phi) is 5.54. The van der Waals surface area contributed by atoms with E-state index in [9.17, 15) is 4.79 Å². The van der Waals surface area contributed by atoms with Gasteiger partial charge in [0.15, 0.2) is 6.10 Å². The van der Waals surface area contributed by atoms with Crippen LogP contribution in [0.2, 0.25) is 0 Å². The Labute approximate surface area is 166 Å². The van der Waals surface area contributed by atoms with Crippen LogP contribution in [0.4, 0.5) is 5.69 Å². The summed E-state index contributed by atoms with van der Waals surface area (Å²) in [5.41, 5.74) is 2.96. The fraction of sp³-hybridized carbons (Fsp3) is 0.304. The van der Waals surface area contributed by atoms with Crippen LogP contribution in [-0.2, 0) is 17.3 Å². The maximum absolute atomic E-state index is 12.6. The monoisotopic (exact) mass is 377 g/mol. The molecule has 0 aliphatic heterocycles. The van der Waals surface area contributed by atoms with E-state index >= 15 is 0 Å². The Hall–Kier alpha value is -3.08. The number of nitrogens with one attached hydrogen (secondary N) is 1. The average Bonchev–Trinajstić information content (AvgIpc) is 3.07. The van der Waals surface area contributed by atoms with E-state index in [4.69, 9.17) is 4.74 Å². The summed E-state index contributed by atoms with van der Waals surface area (Å²) in [6, 6.07) is 15.5. The van der Waals surface area contributed by atoms with Gasteiger partial charge < -0.3 is 14.6 Å². The van der Waals surface area contributed by atoms with Crippen LogP contribution in [-0.4, -0.2) is 21.6 Å². The van der Waals surface area contributed by atoms with Crippen LogP contribution in [0.25, 0.3) is 11.4 Å². The van der Waals surface area contributed by atoms with Gasteiger partial charge in [-0.25, -0.2) is 4.98 Å². The highest BCUT2D eigenvalue weighted by Crippen LogP contribution is 2.25. The first kappa shape index (κ1) is 19.7. The van der Waals surface area contributed by atoms with Crippen molar-refractivity contribution in [3.05, 3.63) is 66.5 Å². The van der Waals surface area contributed by atoms with Crippen molar-refractivity contribution in [1.82, 2.24) is 9.55 Å². The van der Waals surface area contributed by atoms with Gasteiger partial charge in [-0.3, -0.25) is 4.79 Å². The minimum Gasteiger partial charge on any atom is -0.481 e. The van der Waals surface area contributed by atoms with Crippen LogP contribution < -0.4 is 10.1 Å². The standard InChI is InChI=1S/C23H27N3O2/c1-16(28-20-11-9-18(10-12-20)23(2,3)4)22(27)25-19-8-6-7-17(15-19)21-24-13-14-26(21)5/h6-16H,1-5H3,(H,25,27). The second kappa shape index (κ2) is 7.89. The van der Waals surface area contributed by atoms with Crippen molar-refractivity contribution in [2.75, 3.05) is 5.32 Å². The van der Waals surface area contributed by atoms with Crippen LogP contribution in [0.3, 0.4) is 0 Å². The third-order valence-electron chi connectivity index (χ3n) is 4.61. The summed E-state index contributed by atoms with van der Waals surface area (Å²) in [7, 11) is 1.94. The maximum atomic E-state index is 12.6. The van der Waals surface area contributed by atoms with Gasteiger partial charge in [-0.05, 0) is 42.2 Å². The molecule has 3 aromatic rings. The highest BCUT2D eigenvalue weighted by molar-refractivity contribution is 5.94. The van der Waals surface area contributed by atoms with Crippen molar-refractivity contribution >= 4 is 11.6 Å². The Morgan fingerprint density at radius 1 is 1.14 bits per heavy atom. The third-order valence-corrected chi connectivity index (χ3v) is 4.61. The quantitative estimate of drug-likeness (QED) is 0.695. The number of aromatic nitrogens is 2. The minimum atomic E-state index is -0.614. The van der Waals surface area contributed by atoms with Crippen molar-refractivity contribution < 1.29 is 9.53 Å². The van der Waals surface area contributed by atoms with Gasteiger partial charge in [0, 0.05) is 30.7 Å². The Balaban J connectivity index is 1.65. The maximum Gasteiger partial charge on any atom is 0.265 e. The molecule has 0 radical (unpaired) electrons. The zero-order chi connectivity index (χ0) is 20.3. The summed E-state index contributed by atoms with van der Waals surface area (Å²) in [6.45, 7) is 8.24. The van der Waals surface area contributed by atoms with Gasteiger partial charge in [-0.15, -0.1) is 0 Å². The van der Waals surface area contributed by atoms with Crippen molar-refractivity contribution in [1.29, 1.82) is 0 Å². The number of hydrogen-bond acceptors (Lipinski definition) is 3. The molecule has 0 fully saturated rings. The predicted molar refractivity (Wildman–Crippen MR) is 113 cm³/mol. The number of amides is 1. The number of anilines is 1. The molecule has 0 spiro atoms. The third kappa shape index (κ3) is 4.60. The van der Waals surface area contributed by atoms with Crippen LogP contribution in [0.15, 0.2) is 60.9 Å². The summed E-state index contributed by atoms with van der Waals surface area (Å²) in [4.78, 5) is 16.9.